The van der Waals surface area contributed by atoms with E-state index in [0.29, 0.717) is 45.3 Å². The molecule has 0 aliphatic heterocycles. The summed E-state index contributed by atoms with van der Waals surface area (Å²) in [6, 6.07) is 7.34. The van der Waals surface area contributed by atoms with E-state index in [0.717, 1.165) is 22.5 Å². The summed E-state index contributed by atoms with van der Waals surface area (Å²) in [7, 11) is 0. The highest BCUT2D eigenvalue weighted by molar-refractivity contribution is 7.17. The van der Waals surface area contributed by atoms with Gasteiger partial charge in [0.25, 0.3) is 0 Å². The summed E-state index contributed by atoms with van der Waals surface area (Å²) in [5, 5.41) is 10.6. The second-order valence-electron chi connectivity index (χ2n) is 8.51. The number of H-pyrrole nitrogens is 2. The zero-order valence-electron chi connectivity index (χ0n) is 20.0. The smallest absolute Gasteiger partial charge is 0.184 e. The third-order valence-corrected chi connectivity index (χ3v) is 7.22. The molecule has 0 spiro atoms. The van der Waals surface area contributed by atoms with Crippen LogP contribution in [0, 0.1) is 5.82 Å². The number of aromatic amines is 2. The Hall–Kier alpha value is -4.35. The van der Waals surface area contributed by atoms with E-state index in [1.165, 1.54) is 24.5 Å². The van der Waals surface area contributed by atoms with Crippen molar-refractivity contribution in [2.75, 3.05) is 6.54 Å². The molecule has 9 nitrogen and oxygen atoms in total. The highest BCUT2D eigenvalue weighted by Gasteiger charge is 2.21. The Morgan fingerprint density at radius 2 is 2.05 bits per heavy atom. The maximum absolute atomic E-state index is 16.0. The Morgan fingerprint density at radius 3 is 2.86 bits per heavy atom. The summed E-state index contributed by atoms with van der Waals surface area (Å²) in [6.45, 7) is 5.02. The molecule has 0 aliphatic rings. The van der Waals surface area contributed by atoms with Crippen LogP contribution in [0.15, 0.2) is 49.1 Å². The normalized spacial score (nSPS) is 11.5. The number of rotatable bonds is 7. The van der Waals surface area contributed by atoms with Gasteiger partial charge in [-0.2, -0.15) is 5.10 Å². The SMILES string of the molecule is CCNCc1cncc(-c2cnc3n[nH]c(-c4nc5c(-c6ccc(C(C)=O)s6)nccc5[nH]4)c3c2F)c1. The van der Waals surface area contributed by atoms with Crippen molar-refractivity contribution in [2.45, 2.75) is 20.4 Å². The van der Waals surface area contributed by atoms with Crippen molar-refractivity contribution >= 4 is 39.2 Å². The van der Waals surface area contributed by atoms with Crippen LogP contribution in [0.5, 0.6) is 0 Å². The molecule has 0 unspecified atom stereocenters. The molecule has 0 saturated carbocycles. The molecule has 0 saturated heterocycles. The predicted octanol–water partition coefficient (Wildman–Crippen LogP) is 5.14. The fraction of sp³-hybridized carbons (Fsp3) is 0.154. The number of aromatic nitrogens is 7. The lowest BCUT2D eigenvalue weighted by atomic mass is 10.1. The minimum atomic E-state index is -0.459. The van der Waals surface area contributed by atoms with E-state index < -0.39 is 5.82 Å². The molecule has 0 amide bonds. The van der Waals surface area contributed by atoms with Crippen molar-refractivity contribution in [3.63, 3.8) is 0 Å². The maximum Gasteiger partial charge on any atom is 0.184 e. The maximum atomic E-state index is 16.0. The van der Waals surface area contributed by atoms with Gasteiger partial charge in [0.2, 0.25) is 0 Å². The number of ketones is 1. The number of nitrogens with one attached hydrogen (secondary N) is 3. The summed E-state index contributed by atoms with van der Waals surface area (Å²) in [6.07, 6.45) is 6.52. The van der Waals surface area contributed by atoms with Gasteiger partial charge >= 0.3 is 0 Å². The van der Waals surface area contributed by atoms with Crippen LogP contribution >= 0.6 is 11.3 Å². The number of fused-ring (bicyclic) bond motifs is 2. The van der Waals surface area contributed by atoms with E-state index in [4.69, 9.17) is 4.98 Å². The zero-order valence-corrected chi connectivity index (χ0v) is 20.8. The van der Waals surface area contributed by atoms with Crippen LogP contribution in [0.1, 0.15) is 29.1 Å². The molecule has 6 rings (SSSR count). The number of carbonyl (C=O) groups excluding carboxylic acids is 1. The summed E-state index contributed by atoms with van der Waals surface area (Å²) >= 11 is 1.36. The van der Waals surface area contributed by atoms with Crippen molar-refractivity contribution in [2.24, 2.45) is 0 Å². The molecule has 3 N–H and O–H groups in total. The monoisotopic (exact) mass is 512 g/mol. The molecule has 6 aromatic heterocycles. The Kier molecular flexibility index (Phi) is 5.78. The lowest BCUT2D eigenvalue weighted by Crippen LogP contribution is -2.11. The topological polar surface area (TPSA) is 125 Å². The van der Waals surface area contributed by atoms with Crippen LogP contribution in [-0.4, -0.2) is 47.4 Å². The molecule has 0 aromatic carbocycles. The molecular weight excluding hydrogens is 491 g/mol. The zero-order chi connectivity index (χ0) is 25.5. The average Bonchev–Trinajstić information content (AvgIpc) is 3.65. The van der Waals surface area contributed by atoms with Gasteiger partial charge in [-0.1, -0.05) is 6.92 Å². The van der Waals surface area contributed by atoms with Gasteiger partial charge in [0.1, 0.15) is 22.7 Å². The second kappa shape index (κ2) is 9.26. The highest BCUT2D eigenvalue weighted by atomic mass is 32.1. The van der Waals surface area contributed by atoms with Gasteiger partial charge in [-0.15, -0.1) is 11.3 Å². The largest absolute Gasteiger partial charge is 0.337 e. The van der Waals surface area contributed by atoms with Gasteiger partial charge in [-0.05, 0) is 43.3 Å². The molecule has 6 aromatic rings. The number of carbonyl (C=O) groups is 1. The standard InChI is InChI=1S/C26H21FN8OS/c1-3-28-9-14-8-15(11-29-10-14)16-12-31-25-20(21(16)27)24(34-35-25)26-32-17-6-7-30-23(22(17)33-26)19-5-4-18(37-19)13(2)36/h4-8,10-12,28H,3,9H2,1-2H3,(H,32,33)(H,31,34,35). The van der Waals surface area contributed by atoms with E-state index in [1.807, 2.05) is 19.1 Å². The molecule has 0 bridgehead atoms. The third kappa shape index (κ3) is 4.07. The number of halogens is 1. The molecule has 0 aliphatic carbocycles. The Morgan fingerprint density at radius 1 is 1.16 bits per heavy atom. The molecule has 0 atom stereocenters. The fourth-order valence-corrected chi connectivity index (χ4v) is 5.11. The van der Waals surface area contributed by atoms with E-state index in [1.54, 1.807) is 30.7 Å². The number of hydrogen-bond donors (Lipinski definition) is 3. The number of thiophene rings is 1. The van der Waals surface area contributed by atoms with Crippen molar-refractivity contribution in [3.8, 4) is 33.2 Å². The molecule has 0 radical (unpaired) electrons. The van der Waals surface area contributed by atoms with Gasteiger partial charge < -0.3 is 10.3 Å². The fourth-order valence-electron chi connectivity index (χ4n) is 4.21. The first-order chi connectivity index (χ1) is 18.0. The van der Waals surface area contributed by atoms with Crippen LogP contribution in [0.2, 0.25) is 0 Å². The summed E-state index contributed by atoms with van der Waals surface area (Å²) < 4.78 is 16.0. The van der Waals surface area contributed by atoms with Gasteiger partial charge in [0.15, 0.2) is 17.3 Å². The lowest BCUT2D eigenvalue weighted by molar-refractivity contribution is 0.102. The second-order valence-corrected chi connectivity index (χ2v) is 9.59. The predicted molar refractivity (Wildman–Crippen MR) is 141 cm³/mol. The Balaban J connectivity index is 1.46. The van der Waals surface area contributed by atoms with Crippen LogP contribution in [0.4, 0.5) is 4.39 Å². The van der Waals surface area contributed by atoms with Crippen molar-refractivity contribution in [3.05, 3.63) is 65.3 Å². The first kappa shape index (κ1) is 23.1. The van der Waals surface area contributed by atoms with Gasteiger partial charge in [0, 0.05) is 42.5 Å². The quantitative estimate of drug-likeness (QED) is 0.253. The van der Waals surface area contributed by atoms with E-state index in [-0.39, 0.29) is 16.8 Å². The highest BCUT2D eigenvalue weighted by Crippen LogP contribution is 2.35. The molecule has 6 heterocycles. The van der Waals surface area contributed by atoms with Crippen LogP contribution in [-0.2, 0) is 6.54 Å². The summed E-state index contributed by atoms with van der Waals surface area (Å²) in [5.74, 6) is -0.0532. The average molecular weight is 513 g/mol. The van der Waals surface area contributed by atoms with Gasteiger partial charge in [-0.3, -0.25) is 19.9 Å². The van der Waals surface area contributed by atoms with Crippen LogP contribution in [0.3, 0.4) is 0 Å². The number of nitrogens with zero attached hydrogens (tertiary/aromatic N) is 5. The van der Waals surface area contributed by atoms with E-state index in [2.05, 4.69) is 35.5 Å². The molecule has 37 heavy (non-hydrogen) atoms. The van der Waals surface area contributed by atoms with E-state index in [9.17, 15) is 4.79 Å². The Labute approximate surface area is 214 Å². The first-order valence-electron chi connectivity index (χ1n) is 11.7. The number of Topliss-reactive ketones (excluding diaryl/α,β-unsaturated/α-hetero) is 1. The van der Waals surface area contributed by atoms with Gasteiger partial charge in [-0.25, -0.2) is 14.4 Å². The molecular formula is C26H21FN8OS. The van der Waals surface area contributed by atoms with Crippen LogP contribution < -0.4 is 5.32 Å². The summed E-state index contributed by atoms with van der Waals surface area (Å²) in [5.41, 5.74) is 4.52. The third-order valence-electron chi connectivity index (χ3n) is 6.03. The van der Waals surface area contributed by atoms with Crippen LogP contribution in [0.25, 0.3) is 55.3 Å². The minimum absolute atomic E-state index is 0.00351. The van der Waals surface area contributed by atoms with Crippen molar-refractivity contribution in [1.82, 2.24) is 40.4 Å². The molecule has 0 fully saturated rings. The molecule has 11 heteroatoms. The Bertz CT molecular complexity index is 1790. The number of hydrogen-bond acceptors (Lipinski definition) is 8. The van der Waals surface area contributed by atoms with Gasteiger partial charge in [0.05, 0.1) is 20.7 Å². The van der Waals surface area contributed by atoms with E-state index >= 15 is 4.39 Å². The number of imidazole rings is 1. The molecule has 184 valence electrons. The van der Waals surface area contributed by atoms with Crippen molar-refractivity contribution < 1.29 is 9.18 Å². The number of pyridine rings is 3. The minimum Gasteiger partial charge on any atom is -0.337 e. The van der Waals surface area contributed by atoms with Crippen molar-refractivity contribution in [1.29, 1.82) is 0 Å². The lowest BCUT2D eigenvalue weighted by Gasteiger charge is -2.07. The first-order valence-corrected chi connectivity index (χ1v) is 12.5. The summed E-state index contributed by atoms with van der Waals surface area (Å²) in [4.78, 5) is 34.4.